The molecule has 2 fully saturated rings. The van der Waals surface area contributed by atoms with Gasteiger partial charge in [0, 0.05) is 31.7 Å². The second-order valence-corrected chi connectivity index (χ2v) is 8.70. The average molecular weight is 330 g/mol. The lowest BCUT2D eigenvalue weighted by molar-refractivity contribution is 0.0249. The number of hydrogen-bond acceptors (Lipinski definition) is 3. The van der Waals surface area contributed by atoms with E-state index in [1.807, 2.05) is 0 Å². The Labute approximate surface area is 148 Å². The van der Waals surface area contributed by atoms with Gasteiger partial charge in [0.2, 0.25) is 0 Å². The summed E-state index contributed by atoms with van der Waals surface area (Å²) >= 11 is 0. The lowest BCUT2D eigenvalue weighted by Gasteiger charge is -2.48. The van der Waals surface area contributed by atoms with Crippen LogP contribution in [0.3, 0.4) is 0 Å². The molecule has 0 saturated carbocycles. The minimum atomic E-state index is 0.244. The van der Waals surface area contributed by atoms with Crippen LogP contribution in [-0.2, 0) is 6.54 Å². The maximum atomic E-state index is 6.33. The monoisotopic (exact) mass is 329 g/mol. The summed E-state index contributed by atoms with van der Waals surface area (Å²) in [6, 6.07) is 10.9. The van der Waals surface area contributed by atoms with Gasteiger partial charge in [-0.05, 0) is 56.2 Å². The van der Waals surface area contributed by atoms with Crippen LogP contribution in [0.25, 0.3) is 0 Å². The topological polar surface area (TPSA) is 32.5 Å². The zero-order valence-electron chi connectivity index (χ0n) is 15.6. The average Bonchev–Trinajstić information content (AvgIpc) is 2.78. The van der Waals surface area contributed by atoms with Crippen molar-refractivity contribution in [2.24, 2.45) is 11.1 Å². The lowest BCUT2D eigenvalue weighted by Crippen LogP contribution is -2.59. The molecule has 3 heteroatoms. The van der Waals surface area contributed by atoms with E-state index in [-0.39, 0.29) is 5.54 Å². The molecule has 24 heavy (non-hydrogen) atoms. The molecule has 1 aromatic carbocycles. The van der Waals surface area contributed by atoms with Crippen molar-refractivity contribution in [3.63, 3.8) is 0 Å². The predicted molar refractivity (Wildman–Crippen MR) is 102 cm³/mol. The van der Waals surface area contributed by atoms with E-state index in [4.69, 9.17) is 5.73 Å². The summed E-state index contributed by atoms with van der Waals surface area (Å²) < 4.78 is 0. The summed E-state index contributed by atoms with van der Waals surface area (Å²) in [6.45, 7) is 11.5. The van der Waals surface area contributed by atoms with E-state index in [0.717, 1.165) is 13.1 Å². The molecule has 0 atom stereocenters. The van der Waals surface area contributed by atoms with Crippen LogP contribution in [-0.4, -0.2) is 48.1 Å². The summed E-state index contributed by atoms with van der Waals surface area (Å²) in [7, 11) is 0. The molecule has 2 aliphatic heterocycles. The van der Waals surface area contributed by atoms with Crippen molar-refractivity contribution in [2.75, 3.05) is 32.7 Å². The Morgan fingerprint density at radius 3 is 2.29 bits per heavy atom. The zero-order valence-corrected chi connectivity index (χ0v) is 15.6. The Kier molecular flexibility index (Phi) is 5.63. The van der Waals surface area contributed by atoms with E-state index in [0.29, 0.717) is 5.41 Å². The summed E-state index contributed by atoms with van der Waals surface area (Å²) in [5.74, 6) is 0. The molecule has 0 amide bonds. The Balaban J connectivity index is 1.59. The van der Waals surface area contributed by atoms with Crippen LogP contribution in [0.2, 0.25) is 0 Å². The van der Waals surface area contributed by atoms with Gasteiger partial charge in [-0.3, -0.25) is 9.80 Å². The van der Waals surface area contributed by atoms with Gasteiger partial charge in [-0.2, -0.15) is 0 Å². The number of likely N-dealkylation sites (tertiary alicyclic amines) is 2. The highest BCUT2D eigenvalue weighted by Gasteiger charge is 2.40. The van der Waals surface area contributed by atoms with Gasteiger partial charge in [0.25, 0.3) is 0 Å². The van der Waals surface area contributed by atoms with Crippen molar-refractivity contribution in [3.8, 4) is 0 Å². The third-order valence-electron chi connectivity index (χ3n) is 6.43. The Hall–Kier alpha value is -0.900. The van der Waals surface area contributed by atoms with Crippen LogP contribution in [0, 0.1) is 5.41 Å². The Morgan fingerprint density at radius 1 is 0.917 bits per heavy atom. The van der Waals surface area contributed by atoms with Gasteiger partial charge in [-0.1, -0.05) is 44.2 Å². The first-order valence-electron chi connectivity index (χ1n) is 9.74. The Morgan fingerprint density at radius 2 is 1.62 bits per heavy atom. The van der Waals surface area contributed by atoms with Gasteiger partial charge >= 0.3 is 0 Å². The van der Waals surface area contributed by atoms with Gasteiger partial charge in [0.1, 0.15) is 0 Å². The van der Waals surface area contributed by atoms with E-state index in [1.165, 1.54) is 63.8 Å². The first-order chi connectivity index (χ1) is 11.5. The summed E-state index contributed by atoms with van der Waals surface area (Å²) in [5.41, 5.74) is 8.49. The molecule has 0 spiro atoms. The van der Waals surface area contributed by atoms with Crippen molar-refractivity contribution < 1.29 is 0 Å². The highest BCUT2D eigenvalue weighted by molar-refractivity contribution is 5.14. The largest absolute Gasteiger partial charge is 0.329 e. The number of hydrogen-bond donors (Lipinski definition) is 1. The van der Waals surface area contributed by atoms with Crippen LogP contribution in [0.15, 0.2) is 30.3 Å². The number of nitrogens with two attached hydrogens (primary N) is 1. The molecule has 2 aliphatic rings. The van der Waals surface area contributed by atoms with Crippen LogP contribution in [0.1, 0.15) is 51.5 Å². The number of rotatable bonds is 4. The fourth-order valence-electron chi connectivity index (χ4n) is 4.52. The zero-order chi connectivity index (χ0) is 17.0. The molecule has 0 unspecified atom stereocenters. The van der Waals surface area contributed by atoms with E-state index in [1.54, 1.807) is 0 Å². The van der Waals surface area contributed by atoms with Crippen LogP contribution >= 0.6 is 0 Å². The van der Waals surface area contributed by atoms with Gasteiger partial charge in [0.15, 0.2) is 0 Å². The van der Waals surface area contributed by atoms with Crippen molar-refractivity contribution >= 4 is 0 Å². The summed E-state index contributed by atoms with van der Waals surface area (Å²) in [4.78, 5) is 5.35. The highest BCUT2D eigenvalue weighted by atomic mass is 15.2. The highest BCUT2D eigenvalue weighted by Crippen LogP contribution is 2.35. The van der Waals surface area contributed by atoms with Gasteiger partial charge in [0.05, 0.1) is 0 Å². The standard InChI is InChI=1S/C21H35N3/c1-20(2)9-6-13-24(16-10-20)21(18-22)11-14-23(15-12-21)17-19-7-4-3-5-8-19/h3-5,7-8H,6,9-18,22H2,1-2H3. The molecule has 134 valence electrons. The van der Waals surface area contributed by atoms with Gasteiger partial charge in [-0.25, -0.2) is 0 Å². The van der Waals surface area contributed by atoms with Crippen molar-refractivity contribution in [1.29, 1.82) is 0 Å². The molecule has 2 N–H and O–H groups in total. The summed E-state index contributed by atoms with van der Waals surface area (Å²) in [6.07, 6.45) is 6.42. The normalized spacial score (nSPS) is 25.3. The third kappa shape index (κ3) is 4.19. The fourth-order valence-corrected chi connectivity index (χ4v) is 4.52. The summed E-state index contributed by atoms with van der Waals surface area (Å²) in [5, 5.41) is 0. The minimum Gasteiger partial charge on any atom is -0.329 e. The second-order valence-electron chi connectivity index (χ2n) is 8.70. The smallest absolute Gasteiger partial charge is 0.0356 e. The van der Waals surface area contributed by atoms with Crippen molar-refractivity contribution in [1.82, 2.24) is 9.80 Å². The molecule has 0 aliphatic carbocycles. The van der Waals surface area contributed by atoms with E-state index >= 15 is 0 Å². The first kappa shape index (κ1) is 17.9. The SMILES string of the molecule is CC1(C)CCCN(C2(CN)CCN(Cc3ccccc3)CC2)CC1. The molecule has 1 aromatic rings. The van der Waals surface area contributed by atoms with Crippen molar-refractivity contribution in [3.05, 3.63) is 35.9 Å². The molecule has 0 bridgehead atoms. The van der Waals surface area contributed by atoms with E-state index < -0.39 is 0 Å². The lowest BCUT2D eigenvalue weighted by atomic mass is 9.84. The number of benzene rings is 1. The van der Waals surface area contributed by atoms with Gasteiger partial charge in [-0.15, -0.1) is 0 Å². The molecular formula is C21H35N3. The first-order valence-corrected chi connectivity index (χ1v) is 9.74. The maximum absolute atomic E-state index is 6.33. The van der Waals surface area contributed by atoms with E-state index in [9.17, 15) is 0 Å². The van der Waals surface area contributed by atoms with Gasteiger partial charge < -0.3 is 5.73 Å². The third-order valence-corrected chi connectivity index (χ3v) is 6.43. The number of nitrogens with zero attached hydrogens (tertiary/aromatic N) is 2. The fraction of sp³-hybridized carbons (Fsp3) is 0.714. The number of piperidine rings is 1. The Bertz CT molecular complexity index is 503. The molecule has 2 saturated heterocycles. The predicted octanol–water partition coefficient (Wildman–Crippen LogP) is 3.49. The van der Waals surface area contributed by atoms with Crippen LogP contribution < -0.4 is 5.73 Å². The second kappa shape index (κ2) is 7.55. The molecule has 0 radical (unpaired) electrons. The molecule has 0 aromatic heterocycles. The molecular weight excluding hydrogens is 294 g/mol. The minimum absolute atomic E-state index is 0.244. The van der Waals surface area contributed by atoms with Crippen LogP contribution in [0.5, 0.6) is 0 Å². The van der Waals surface area contributed by atoms with Crippen LogP contribution in [0.4, 0.5) is 0 Å². The maximum Gasteiger partial charge on any atom is 0.0356 e. The molecule has 2 heterocycles. The molecule has 3 nitrogen and oxygen atoms in total. The molecule has 3 rings (SSSR count). The van der Waals surface area contributed by atoms with E-state index in [2.05, 4.69) is 54.0 Å². The van der Waals surface area contributed by atoms with Crippen molar-refractivity contribution in [2.45, 2.75) is 58.0 Å². The quantitative estimate of drug-likeness (QED) is 0.918.